The van der Waals surface area contributed by atoms with E-state index in [1.165, 1.54) is 128 Å². The first-order chi connectivity index (χ1) is 17.0. The van der Waals surface area contributed by atoms with Gasteiger partial charge in [-0.2, -0.15) is 0 Å². The summed E-state index contributed by atoms with van der Waals surface area (Å²) in [6, 6.07) is 0. The Bertz CT molecular complexity index is 519. The molecule has 0 unspecified atom stereocenters. The van der Waals surface area contributed by atoms with Gasteiger partial charge >= 0.3 is 8.56 Å². The van der Waals surface area contributed by atoms with Gasteiger partial charge in [-0.05, 0) is 37.5 Å². The number of rotatable bonds is 10. The molecule has 4 aliphatic carbocycles. The Hall–Kier alpha value is 0.137. The van der Waals surface area contributed by atoms with Crippen LogP contribution in [0.15, 0.2) is 0 Å². The van der Waals surface area contributed by atoms with Gasteiger partial charge < -0.3 is 8.85 Å². The summed E-state index contributed by atoms with van der Waals surface area (Å²) >= 11 is 0. The van der Waals surface area contributed by atoms with E-state index >= 15 is 0 Å². The Morgan fingerprint density at radius 1 is 0.457 bits per heavy atom. The van der Waals surface area contributed by atoms with E-state index < -0.39 is 8.56 Å². The van der Waals surface area contributed by atoms with Crippen LogP contribution in [-0.2, 0) is 8.85 Å². The highest BCUT2D eigenvalue weighted by Gasteiger charge is 2.72. The van der Waals surface area contributed by atoms with E-state index in [4.69, 9.17) is 8.85 Å². The summed E-state index contributed by atoms with van der Waals surface area (Å²) in [5.74, 6) is 3.21. The van der Waals surface area contributed by atoms with Gasteiger partial charge in [-0.1, -0.05) is 142 Å². The molecule has 0 saturated heterocycles. The minimum absolute atomic E-state index is 0.240. The topological polar surface area (TPSA) is 18.5 Å². The Balaban J connectivity index is 1.90. The van der Waals surface area contributed by atoms with Crippen molar-refractivity contribution in [3.8, 4) is 0 Å². The third-order valence-electron chi connectivity index (χ3n) is 11.9. The van der Waals surface area contributed by atoms with Crippen LogP contribution >= 0.6 is 0 Å². The largest absolute Gasteiger partial charge is 0.394 e. The Morgan fingerprint density at radius 3 is 0.886 bits per heavy atom. The van der Waals surface area contributed by atoms with E-state index in [9.17, 15) is 0 Å². The normalized spacial score (nSPS) is 25.7. The van der Waals surface area contributed by atoms with Crippen LogP contribution in [0, 0.1) is 23.7 Å². The average Bonchev–Trinajstić information content (AvgIpc) is 2.94. The van der Waals surface area contributed by atoms with Gasteiger partial charge in [0.15, 0.2) is 0 Å². The van der Waals surface area contributed by atoms with Crippen LogP contribution < -0.4 is 0 Å². The fourth-order valence-electron chi connectivity index (χ4n) is 10.2. The lowest BCUT2D eigenvalue weighted by Crippen LogP contribution is -2.68. The van der Waals surface area contributed by atoms with Crippen LogP contribution in [0.3, 0.4) is 0 Å². The quantitative estimate of drug-likeness (QED) is 0.275. The molecule has 4 fully saturated rings. The molecule has 0 aromatic heterocycles. The first-order valence-corrected chi connectivity index (χ1v) is 18.1. The molecule has 0 amide bonds. The molecule has 4 rings (SSSR count). The van der Waals surface area contributed by atoms with Crippen LogP contribution in [0.2, 0.25) is 10.1 Å². The second kappa shape index (κ2) is 12.8. The van der Waals surface area contributed by atoms with Gasteiger partial charge in [0.05, 0.1) is 0 Å². The molecule has 0 spiro atoms. The van der Waals surface area contributed by atoms with Crippen molar-refractivity contribution >= 4 is 8.56 Å². The van der Waals surface area contributed by atoms with Gasteiger partial charge in [-0.3, -0.25) is 0 Å². The van der Waals surface area contributed by atoms with Crippen molar-refractivity contribution in [2.24, 2.45) is 23.7 Å². The molecular weight excluding hydrogens is 444 g/mol. The fraction of sp³-hybridized carbons (Fsp3) is 1.00. The highest BCUT2D eigenvalue weighted by atomic mass is 28.4. The van der Waals surface area contributed by atoms with Crippen molar-refractivity contribution in [2.45, 2.75) is 166 Å². The minimum Gasteiger partial charge on any atom is -0.394 e. The lowest BCUT2D eigenvalue weighted by atomic mass is 9.68. The maximum atomic E-state index is 7.53. The Labute approximate surface area is 220 Å². The first kappa shape index (κ1) is 28.2. The smallest absolute Gasteiger partial charge is 0.351 e. The van der Waals surface area contributed by atoms with Gasteiger partial charge in [0.2, 0.25) is 0 Å². The SMILES string of the molecule is CCO[Si](OCC)(C(C)(C1CCCCC1)C1CCCCC1)C(C)(C1CCCCC1)C1CCCCC1. The molecule has 204 valence electrons. The van der Waals surface area contributed by atoms with E-state index in [-0.39, 0.29) is 10.1 Å². The summed E-state index contributed by atoms with van der Waals surface area (Å²) in [5, 5.41) is 0.479. The molecule has 0 atom stereocenters. The van der Waals surface area contributed by atoms with Crippen LogP contribution in [0.4, 0.5) is 0 Å². The van der Waals surface area contributed by atoms with Crippen molar-refractivity contribution in [1.29, 1.82) is 0 Å². The summed E-state index contributed by atoms with van der Waals surface area (Å²) in [6.07, 6.45) is 28.6. The Morgan fingerprint density at radius 2 is 0.686 bits per heavy atom. The van der Waals surface area contributed by atoms with E-state index in [0.717, 1.165) is 36.9 Å². The zero-order valence-electron chi connectivity index (χ0n) is 24.2. The maximum absolute atomic E-state index is 7.53. The van der Waals surface area contributed by atoms with Crippen LogP contribution in [0.25, 0.3) is 0 Å². The minimum atomic E-state index is -2.65. The Kier molecular flexibility index (Phi) is 10.3. The fourth-order valence-corrected chi connectivity index (χ4v) is 16.8. The van der Waals surface area contributed by atoms with E-state index in [0.29, 0.717) is 0 Å². The summed E-state index contributed by atoms with van der Waals surface area (Å²) in [4.78, 5) is 0. The van der Waals surface area contributed by atoms with Gasteiger partial charge in [-0.25, -0.2) is 0 Å². The van der Waals surface area contributed by atoms with Crippen molar-refractivity contribution < 1.29 is 8.85 Å². The predicted molar refractivity (Wildman–Crippen MR) is 152 cm³/mol. The zero-order chi connectivity index (χ0) is 24.8. The summed E-state index contributed by atoms with van der Waals surface area (Å²) in [6.45, 7) is 11.8. The summed E-state index contributed by atoms with van der Waals surface area (Å²) in [5.41, 5.74) is 0. The molecular formula is C32H60O2Si. The van der Waals surface area contributed by atoms with Crippen molar-refractivity contribution in [3.63, 3.8) is 0 Å². The monoisotopic (exact) mass is 504 g/mol. The zero-order valence-corrected chi connectivity index (χ0v) is 25.2. The van der Waals surface area contributed by atoms with Crippen molar-refractivity contribution in [1.82, 2.24) is 0 Å². The van der Waals surface area contributed by atoms with Crippen molar-refractivity contribution in [3.05, 3.63) is 0 Å². The molecule has 0 aromatic carbocycles. The standard InChI is InChI=1S/C32H60O2Si/c1-5-33-35(34-6-2,31(3,27-19-11-7-12-20-27)28-21-13-8-14-22-28)32(4,29-23-15-9-16-24-29)30-25-17-10-18-26-30/h27-30H,5-26H2,1-4H3. The van der Waals surface area contributed by atoms with Gasteiger partial charge in [0.25, 0.3) is 0 Å². The molecule has 0 heterocycles. The molecule has 0 aromatic rings. The molecule has 0 N–H and O–H groups in total. The molecule has 3 heteroatoms. The predicted octanol–water partition coefficient (Wildman–Crippen LogP) is 10.3. The van der Waals surface area contributed by atoms with Crippen LogP contribution in [-0.4, -0.2) is 21.8 Å². The molecule has 0 aliphatic heterocycles. The van der Waals surface area contributed by atoms with Crippen molar-refractivity contribution in [2.75, 3.05) is 13.2 Å². The van der Waals surface area contributed by atoms with Gasteiger partial charge in [-0.15, -0.1) is 0 Å². The number of hydrogen-bond acceptors (Lipinski definition) is 2. The highest BCUT2D eigenvalue weighted by Crippen LogP contribution is 2.71. The lowest BCUT2D eigenvalue weighted by Gasteiger charge is -2.64. The van der Waals surface area contributed by atoms with Crippen LogP contribution in [0.1, 0.15) is 156 Å². The first-order valence-electron chi connectivity index (χ1n) is 16.3. The lowest BCUT2D eigenvalue weighted by molar-refractivity contribution is 0.0251. The molecule has 4 aliphatic rings. The molecule has 0 bridgehead atoms. The van der Waals surface area contributed by atoms with E-state index in [2.05, 4.69) is 27.7 Å². The second-order valence-electron chi connectivity index (χ2n) is 13.4. The number of hydrogen-bond donors (Lipinski definition) is 0. The highest BCUT2D eigenvalue weighted by molar-refractivity contribution is 6.74. The summed E-state index contributed by atoms with van der Waals surface area (Å²) < 4.78 is 15.1. The van der Waals surface area contributed by atoms with Crippen LogP contribution in [0.5, 0.6) is 0 Å². The third kappa shape index (κ3) is 5.23. The summed E-state index contributed by atoms with van der Waals surface area (Å²) in [7, 11) is -2.65. The molecule has 4 saturated carbocycles. The average molecular weight is 505 g/mol. The maximum Gasteiger partial charge on any atom is 0.351 e. The van der Waals surface area contributed by atoms with E-state index in [1.54, 1.807) is 0 Å². The molecule has 35 heavy (non-hydrogen) atoms. The molecule has 0 radical (unpaired) electrons. The molecule has 2 nitrogen and oxygen atoms in total. The van der Waals surface area contributed by atoms with Gasteiger partial charge in [0, 0.05) is 23.3 Å². The third-order valence-corrected chi connectivity index (χ3v) is 17.8. The van der Waals surface area contributed by atoms with Gasteiger partial charge in [0.1, 0.15) is 0 Å². The second-order valence-corrected chi connectivity index (χ2v) is 17.4. The van der Waals surface area contributed by atoms with E-state index in [1.807, 2.05) is 0 Å².